The fraction of sp³-hybridized carbons (Fsp3) is 0.176. The first-order valence-corrected chi connectivity index (χ1v) is 7.62. The number of benzene rings is 2. The Bertz CT molecular complexity index is 870. The average Bonchev–Trinajstić information content (AvgIpc) is 2.61. The number of nitrogens with zero attached hydrogens (tertiary/aromatic N) is 2. The van der Waals surface area contributed by atoms with Gasteiger partial charge in [0.05, 0.1) is 10.8 Å². The Labute approximate surface area is 152 Å². The Kier molecular flexibility index (Phi) is 5.81. The Balaban J connectivity index is 2.73. The fourth-order valence-corrected chi connectivity index (χ4v) is 2.93. The molecule has 2 N–H and O–H groups in total. The van der Waals surface area contributed by atoms with Gasteiger partial charge in [-0.15, -0.1) is 0 Å². The minimum absolute atomic E-state index is 0.0894. The molecular weight excluding hydrogens is 360 g/mol. The van der Waals surface area contributed by atoms with Gasteiger partial charge in [0.1, 0.15) is 0 Å². The lowest BCUT2D eigenvalue weighted by atomic mass is 9.78. The summed E-state index contributed by atoms with van der Waals surface area (Å²) in [6.07, 6.45) is 0. The van der Waals surface area contributed by atoms with Gasteiger partial charge < -0.3 is 10.2 Å². The number of hydrogen-bond donors (Lipinski definition) is 2. The standard InChI is InChI=1S/C17H14N2O8/c20-16(21)14(17(22)23)13(11-7-4-8-12(9-11)18(24)25)15(19(26)27)10-5-2-1-3-6-10/h1-9,13-15H,(H,20,21)(H,22,23)/t13-,15+/m0/s1. The third-order valence-corrected chi connectivity index (χ3v) is 4.07. The van der Waals surface area contributed by atoms with Crippen molar-refractivity contribution < 1.29 is 29.6 Å². The lowest BCUT2D eigenvalue weighted by Gasteiger charge is -2.24. The topological polar surface area (TPSA) is 161 Å². The molecule has 0 aliphatic heterocycles. The van der Waals surface area contributed by atoms with Crippen molar-refractivity contribution in [1.29, 1.82) is 0 Å². The van der Waals surface area contributed by atoms with Crippen LogP contribution in [0.3, 0.4) is 0 Å². The van der Waals surface area contributed by atoms with E-state index in [1.54, 1.807) is 6.07 Å². The van der Waals surface area contributed by atoms with E-state index in [2.05, 4.69) is 0 Å². The van der Waals surface area contributed by atoms with E-state index >= 15 is 0 Å². The van der Waals surface area contributed by atoms with Gasteiger partial charge in [-0.25, -0.2) is 0 Å². The van der Waals surface area contributed by atoms with Gasteiger partial charge in [-0.05, 0) is 5.56 Å². The second-order valence-corrected chi connectivity index (χ2v) is 5.67. The molecule has 2 rings (SSSR count). The van der Waals surface area contributed by atoms with Gasteiger partial charge in [-0.3, -0.25) is 29.8 Å². The molecule has 27 heavy (non-hydrogen) atoms. The van der Waals surface area contributed by atoms with Gasteiger partial charge in [-0.2, -0.15) is 0 Å². The summed E-state index contributed by atoms with van der Waals surface area (Å²) in [5, 5.41) is 41.6. The van der Waals surface area contributed by atoms with Crippen LogP contribution < -0.4 is 0 Å². The maximum absolute atomic E-state index is 11.8. The maximum Gasteiger partial charge on any atom is 0.318 e. The van der Waals surface area contributed by atoms with Crippen LogP contribution in [0.2, 0.25) is 0 Å². The van der Waals surface area contributed by atoms with Crippen LogP contribution in [0.15, 0.2) is 54.6 Å². The molecule has 0 amide bonds. The molecule has 2 aromatic carbocycles. The highest BCUT2D eigenvalue weighted by Gasteiger charge is 2.47. The van der Waals surface area contributed by atoms with Crippen molar-refractivity contribution in [2.45, 2.75) is 12.0 Å². The number of rotatable bonds is 8. The van der Waals surface area contributed by atoms with Crippen molar-refractivity contribution >= 4 is 17.6 Å². The molecule has 0 heterocycles. The molecule has 0 radical (unpaired) electrons. The first-order chi connectivity index (χ1) is 12.7. The zero-order valence-electron chi connectivity index (χ0n) is 13.7. The number of carboxylic acid groups (broad SMARTS) is 2. The predicted octanol–water partition coefficient (Wildman–Crippen LogP) is 2.48. The lowest BCUT2D eigenvalue weighted by molar-refractivity contribution is -0.534. The average molecular weight is 374 g/mol. The van der Waals surface area contributed by atoms with Crippen molar-refractivity contribution in [3.8, 4) is 0 Å². The largest absolute Gasteiger partial charge is 0.481 e. The van der Waals surface area contributed by atoms with E-state index < -0.39 is 45.4 Å². The second kappa shape index (κ2) is 8.04. The summed E-state index contributed by atoms with van der Waals surface area (Å²) in [5.74, 6) is -7.40. The number of nitro benzene ring substituents is 1. The molecular formula is C17H14N2O8. The normalized spacial score (nSPS) is 12.9. The molecule has 0 saturated heterocycles. The number of nitro groups is 2. The van der Waals surface area contributed by atoms with Gasteiger partial charge >= 0.3 is 11.9 Å². The highest BCUT2D eigenvalue weighted by Crippen LogP contribution is 2.40. The Morgan fingerprint density at radius 1 is 0.852 bits per heavy atom. The number of non-ortho nitro benzene ring substituents is 1. The van der Waals surface area contributed by atoms with Crippen molar-refractivity contribution in [3.05, 3.63) is 86.0 Å². The van der Waals surface area contributed by atoms with E-state index in [1.165, 1.54) is 36.4 Å². The SMILES string of the molecule is O=C(O)C(C(=O)O)[C@H](c1cccc([N+](=O)[O-])c1)[C@@H](c1ccccc1)[N+](=O)[O-]. The number of carbonyl (C=O) groups is 2. The molecule has 0 unspecified atom stereocenters. The summed E-state index contributed by atoms with van der Waals surface area (Å²) in [6, 6.07) is 10.2. The summed E-state index contributed by atoms with van der Waals surface area (Å²) in [5.41, 5.74) is -0.460. The third-order valence-electron chi connectivity index (χ3n) is 4.07. The van der Waals surface area contributed by atoms with E-state index in [0.717, 1.165) is 12.1 Å². The number of carboxylic acids is 2. The second-order valence-electron chi connectivity index (χ2n) is 5.67. The van der Waals surface area contributed by atoms with Crippen LogP contribution >= 0.6 is 0 Å². The van der Waals surface area contributed by atoms with Gasteiger partial charge in [-0.1, -0.05) is 42.5 Å². The Morgan fingerprint density at radius 2 is 1.41 bits per heavy atom. The van der Waals surface area contributed by atoms with E-state index in [0.29, 0.717) is 0 Å². The fourth-order valence-electron chi connectivity index (χ4n) is 2.93. The predicted molar refractivity (Wildman–Crippen MR) is 90.8 cm³/mol. The molecule has 0 aliphatic carbocycles. The summed E-state index contributed by atoms with van der Waals surface area (Å²) < 4.78 is 0. The zero-order valence-corrected chi connectivity index (χ0v) is 13.7. The van der Waals surface area contributed by atoms with Crippen molar-refractivity contribution in [2.24, 2.45) is 5.92 Å². The van der Waals surface area contributed by atoms with Crippen LogP contribution in [0.1, 0.15) is 23.1 Å². The van der Waals surface area contributed by atoms with Crippen molar-refractivity contribution in [2.75, 3.05) is 0 Å². The number of hydrogen-bond acceptors (Lipinski definition) is 6. The number of aliphatic carboxylic acids is 2. The third kappa shape index (κ3) is 4.24. The molecule has 0 aromatic heterocycles. The molecule has 10 nitrogen and oxygen atoms in total. The summed E-state index contributed by atoms with van der Waals surface area (Å²) >= 11 is 0. The van der Waals surface area contributed by atoms with Gasteiger partial charge in [0.2, 0.25) is 6.04 Å². The zero-order chi connectivity index (χ0) is 20.1. The maximum atomic E-state index is 11.8. The monoisotopic (exact) mass is 374 g/mol. The molecule has 0 bridgehead atoms. The first kappa shape index (κ1) is 19.5. The highest BCUT2D eigenvalue weighted by molar-refractivity contribution is 5.94. The quantitative estimate of drug-likeness (QED) is 0.404. The minimum Gasteiger partial charge on any atom is -0.481 e. The molecule has 140 valence electrons. The highest BCUT2D eigenvalue weighted by atomic mass is 16.6. The van der Waals surface area contributed by atoms with Crippen LogP contribution in [0.4, 0.5) is 5.69 Å². The lowest BCUT2D eigenvalue weighted by Crippen LogP contribution is -2.35. The molecule has 0 saturated carbocycles. The first-order valence-electron chi connectivity index (χ1n) is 7.62. The van der Waals surface area contributed by atoms with Crippen LogP contribution in [-0.4, -0.2) is 32.0 Å². The van der Waals surface area contributed by atoms with E-state index in [4.69, 9.17) is 0 Å². The van der Waals surface area contributed by atoms with Crippen LogP contribution in [0.25, 0.3) is 0 Å². The van der Waals surface area contributed by atoms with Crippen LogP contribution in [-0.2, 0) is 9.59 Å². The van der Waals surface area contributed by atoms with Gasteiger partial charge in [0.15, 0.2) is 5.92 Å². The van der Waals surface area contributed by atoms with E-state index in [9.17, 15) is 40.0 Å². The molecule has 2 atom stereocenters. The smallest absolute Gasteiger partial charge is 0.318 e. The van der Waals surface area contributed by atoms with Crippen molar-refractivity contribution in [1.82, 2.24) is 0 Å². The van der Waals surface area contributed by atoms with Crippen LogP contribution in [0.5, 0.6) is 0 Å². The molecule has 2 aromatic rings. The molecule has 0 aliphatic rings. The Hall–Kier alpha value is -3.82. The van der Waals surface area contributed by atoms with E-state index in [1.807, 2.05) is 0 Å². The minimum atomic E-state index is -2.18. The van der Waals surface area contributed by atoms with E-state index in [-0.39, 0.29) is 11.1 Å². The Morgan fingerprint density at radius 3 is 1.89 bits per heavy atom. The molecule has 10 heteroatoms. The molecule has 0 fully saturated rings. The van der Waals surface area contributed by atoms with Gasteiger partial charge in [0, 0.05) is 22.6 Å². The summed E-state index contributed by atoms with van der Waals surface area (Å²) in [7, 11) is 0. The van der Waals surface area contributed by atoms with Crippen LogP contribution in [0, 0.1) is 26.1 Å². The molecule has 0 spiro atoms. The summed E-state index contributed by atoms with van der Waals surface area (Å²) in [4.78, 5) is 44.5. The summed E-state index contributed by atoms with van der Waals surface area (Å²) in [6.45, 7) is 0. The van der Waals surface area contributed by atoms with Crippen molar-refractivity contribution in [3.63, 3.8) is 0 Å². The van der Waals surface area contributed by atoms with Gasteiger partial charge in [0.25, 0.3) is 5.69 Å².